The molecule has 28 heavy (non-hydrogen) atoms. The van der Waals surface area contributed by atoms with Crippen molar-refractivity contribution in [3.63, 3.8) is 0 Å². The first-order valence-electron chi connectivity index (χ1n) is 8.42. The zero-order valence-electron chi connectivity index (χ0n) is 14.7. The number of anilines is 1. The van der Waals surface area contributed by atoms with Crippen LogP contribution in [-0.2, 0) is 0 Å². The zero-order valence-corrected chi connectivity index (χ0v) is 14.7. The van der Waals surface area contributed by atoms with E-state index < -0.39 is 0 Å². The van der Waals surface area contributed by atoms with Gasteiger partial charge in [0.25, 0.3) is 0 Å². The van der Waals surface area contributed by atoms with Gasteiger partial charge < -0.3 is 11.5 Å². The minimum absolute atomic E-state index is 0.0433. The van der Waals surface area contributed by atoms with E-state index in [1.54, 1.807) is 30.9 Å². The molecule has 136 valence electrons. The topological polar surface area (TPSA) is 139 Å². The highest BCUT2D eigenvalue weighted by atomic mass is 15.3. The highest BCUT2D eigenvalue weighted by Gasteiger charge is 2.11. The van der Waals surface area contributed by atoms with E-state index in [2.05, 4.69) is 31.3 Å². The SMILES string of the molecule is N=NN=C(N)c1cc(-c2ccc3nccc(-c4ccncc4)c3c2)cnc1N. The fourth-order valence-electron chi connectivity index (χ4n) is 3.06. The zero-order chi connectivity index (χ0) is 19.5. The summed E-state index contributed by atoms with van der Waals surface area (Å²) in [6, 6.07) is 13.7. The summed E-state index contributed by atoms with van der Waals surface area (Å²) >= 11 is 0. The Morgan fingerprint density at radius 3 is 2.50 bits per heavy atom. The van der Waals surface area contributed by atoms with Gasteiger partial charge in [0.15, 0.2) is 5.84 Å². The van der Waals surface area contributed by atoms with Gasteiger partial charge in [0.2, 0.25) is 0 Å². The minimum Gasteiger partial charge on any atom is -0.383 e. The Labute approximate surface area is 160 Å². The fraction of sp³-hybridized carbons (Fsp3) is 0. The molecule has 0 aliphatic carbocycles. The predicted octanol–water partition coefficient (Wildman–Crippen LogP) is 3.59. The summed E-state index contributed by atoms with van der Waals surface area (Å²) in [5, 5.41) is 7.51. The van der Waals surface area contributed by atoms with Crippen LogP contribution in [0.25, 0.3) is 33.2 Å². The lowest BCUT2D eigenvalue weighted by atomic mass is 9.98. The summed E-state index contributed by atoms with van der Waals surface area (Å²) in [5.74, 6) is 0.273. The second-order valence-corrected chi connectivity index (χ2v) is 6.07. The van der Waals surface area contributed by atoms with Crippen LogP contribution in [0.3, 0.4) is 0 Å². The van der Waals surface area contributed by atoms with E-state index in [0.29, 0.717) is 5.56 Å². The summed E-state index contributed by atoms with van der Waals surface area (Å²) in [5.41, 5.74) is 23.8. The molecular weight excluding hydrogens is 352 g/mol. The number of nitrogen functional groups attached to an aromatic ring is 1. The fourth-order valence-corrected chi connectivity index (χ4v) is 3.06. The highest BCUT2D eigenvalue weighted by molar-refractivity contribution is 6.02. The number of nitrogens with zero attached hydrogens (tertiary/aromatic N) is 5. The number of pyridine rings is 3. The van der Waals surface area contributed by atoms with Crippen molar-refractivity contribution < 1.29 is 0 Å². The molecular formula is C20H16N8. The molecule has 4 rings (SSSR count). The molecule has 0 atom stereocenters. The molecule has 0 amide bonds. The molecule has 3 heterocycles. The third kappa shape index (κ3) is 3.14. The second kappa shape index (κ2) is 7.20. The van der Waals surface area contributed by atoms with Crippen molar-refractivity contribution in [2.45, 2.75) is 0 Å². The minimum atomic E-state index is 0.0433. The number of hydrogen-bond acceptors (Lipinski definition) is 6. The molecule has 0 saturated heterocycles. The van der Waals surface area contributed by atoms with Crippen molar-refractivity contribution in [1.29, 1.82) is 5.53 Å². The molecule has 0 fully saturated rings. The summed E-state index contributed by atoms with van der Waals surface area (Å²) in [6.07, 6.45) is 7.00. The first-order valence-corrected chi connectivity index (χ1v) is 8.42. The van der Waals surface area contributed by atoms with E-state index in [1.165, 1.54) is 0 Å². The maximum absolute atomic E-state index is 6.85. The molecule has 3 aromatic heterocycles. The maximum atomic E-state index is 6.85. The predicted molar refractivity (Wildman–Crippen MR) is 108 cm³/mol. The van der Waals surface area contributed by atoms with Crippen LogP contribution >= 0.6 is 0 Å². The second-order valence-electron chi connectivity index (χ2n) is 6.07. The van der Waals surface area contributed by atoms with Crippen molar-refractivity contribution in [2.75, 3.05) is 5.73 Å². The number of benzene rings is 1. The van der Waals surface area contributed by atoms with Crippen LogP contribution in [-0.4, -0.2) is 20.8 Å². The third-order valence-electron chi connectivity index (χ3n) is 4.42. The molecule has 8 nitrogen and oxygen atoms in total. The normalized spacial score (nSPS) is 11.5. The first-order chi connectivity index (χ1) is 13.7. The van der Waals surface area contributed by atoms with Crippen LogP contribution in [0.1, 0.15) is 5.56 Å². The largest absolute Gasteiger partial charge is 0.383 e. The van der Waals surface area contributed by atoms with Crippen LogP contribution in [0.4, 0.5) is 5.82 Å². The van der Waals surface area contributed by atoms with E-state index in [0.717, 1.165) is 33.2 Å². The van der Waals surface area contributed by atoms with Crippen molar-refractivity contribution >= 4 is 22.6 Å². The van der Waals surface area contributed by atoms with Gasteiger partial charge in [-0.15, -0.1) is 5.10 Å². The lowest BCUT2D eigenvalue weighted by Gasteiger charge is -2.10. The van der Waals surface area contributed by atoms with Crippen molar-refractivity contribution in [3.05, 3.63) is 72.8 Å². The summed E-state index contributed by atoms with van der Waals surface area (Å²) in [4.78, 5) is 12.8. The van der Waals surface area contributed by atoms with Gasteiger partial charge in [-0.2, -0.15) is 5.53 Å². The number of rotatable bonds is 4. The smallest absolute Gasteiger partial charge is 0.158 e. The Hall–Kier alpha value is -4.20. The number of aromatic nitrogens is 3. The molecule has 0 aliphatic rings. The molecule has 0 spiro atoms. The monoisotopic (exact) mass is 368 g/mol. The standard InChI is InChI=1S/C20H16N8/c21-19-17(20(22)27-28-23)10-14(11-26-19)13-1-2-18-16(9-13)15(5-8-25-18)12-3-6-24-7-4-12/h1-11H,(H2,21,26)(H3,22,23,27). The average Bonchev–Trinajstić information content (AvgIpc) is 2.74. The van der Waals surface area contributed by atoms with Crippen molar-refractivity contribution in [3.8, 4) is 22.3 Å². The maximum Gasteiger partial charge on any atom is 0.158 e. The van der Waals surface area contributed by atoms with Crippen LogP contribution < -0.4 is 11.5 Å². The van der Waals surface area contributed by atoms with E-state index in [-0.39, 0.29) is 11.7 Å². The van der Waals surface area contributed by atoms with Crippen LogP contribution in [0.5, 0.6) is 0 Å². The first kappa shape index (κ1) is 17.2. The summed E-state index contributed by atoms with van der Waals surface area (Å²) < 4.78 is 0. The quantitative estimate of drug-likeness (QED) is 0.218. The molecule has 0 aliphatic heterocycles. The average molecular weight is 368 g/mol. The van der Waals surface area contributed by atoms with E-state index in [9.17, 15) is 0 Å². The molecule has 4 aromatic rings. The Bertz CT molecular complexity index is 1200. The van der Waals surface area contributed by atoms with Crippen LogP contribution in [0, 0.1) is 5.53 Å². The van der Waals surface area contributed by atoms with Gasteiger partial charge in [-0.25, -0.2) is 4.98 Å². The Kier molecular flexibility index (Phi) is 4.43. The lowest BCUT2D eigenvalue weighted by Crippen LogP contribution is -2.15. The summed E-state index contributed by atoms with van der Waals surface area (Å²) in [6.45, 7) is 0. The number of amidine groups is 1. The molecule has 8 heteroatoms. The number of nitrogens with two attached hydrogens (primary N) is 2. The van der Waals surface area contributed by atoms with Gasteiger partial charge in [0.1, 0.15) is 5.82 Å². The van der Waals surface area contributed by atoms with Crippen LogP contribution in [0.15, 0.2) is 77.6 Å². The molecule has 0 unspecified atom stereocenters. The number of hydrogen-bond donors (Lipinski definition) is 3. The van der Waals surface area contributed by atoms with E-state index in [1.807, 2.05) is 30.3 Å². The van der Waals surface area contributed by atoms with Gasteiger partial charge in [-0.05, 0) is 53.1 Å². The molecule has 5 N–H and O–H groups in total. The third-order valence-corrected chi connectivity index (χ3v) is 4.42. The molecule has 0 bridgehead atoms. The van der Waals surface area contributed by atoms with Crippen LogP contribution in [0.2, 0.25) is 0 Å². The van der Waals surface area contributed by atoms with E-state index in [4.69, 9.17) is 17.0 Å². The van der Waals surface area contributed by atoms with Crippen molar-refractivity contribution in [2.24, 2.45) is 16.1 Å². The number of nitrogens with one attached hydrogen (secondary N) is 1. The molecule has 0 saturated carbocycles. The Morgan fingerprint density at radius 2 is 1.71 bits per heavy atom. The highest BCUT2D eigenvalue weighted by Crippen LogP contribution is 2.31. The van der Waals surface area contributed by atoms with Gasteiger partial charge in [-0.1, -0.05) is 11.3 Å². The Morgan fingerprint density at radius 1 is 0.893 bits per heavy atom. The van der Waals surface area contributed by atoms with E-state index >= 15 is 0 Å². The summed E-state index contributed by atoms with van der Waals surface area (Å²) in [7, 11) is 0. The van der Waals surface area contributed by atoms with Gasteiger partial charge >= 0.3 is 0 Å². The Balaban J connectivity index is 1.88. The number of fused-ring (bicyclic) bond motifs is 1. The van der Waals surface area contributed by atoms with Gasteiger partial charge in [-0.3, -0.25) is 9.97 Å². The van der Waals surface area contributed by atoms with Gasteiger partial charge in [0, 0.05) is 35.7 Å². The van der Waals surface area contributed by atoms with Crippen molar-refractivity contribution in [1.82, 2.24) is 15.0 Å². The van der Waals surface area contributed by atoms with Gasteiger partial charge in [0.05, 0.1) is 11.1 Å². The molecule has 0 radical (unpaired) electrons. The molecule has 1 aromatic carbocycles. The lowest BCUT2D eigenvalue weighted by molar-refractivity contribution is 0.986.